The number of hydrogen-bond acceptors (Lipinski definition) is 3. The molecule has 0 atom stereocenters. The van der Waals surface area contributed by atoms with Gasteiger partial charge in [-0.1, -0.05) is 6.92 Å². The minimum atomic E-state index is -3.37. The third-order valence-corrected chi connectivity index (χ3v) is 4.22. The van der Waals surface area contributed by atoms with E-state index in [0.29, 0.717) is 13.1 Å². The van der Waals surface area contributed by atoms with Crippen molar-refractivity contribution in [2.75, 3.05) is 11.9 Å². The summed E-state index contributed by atoms with van der Waals surface area (Å²) in [6.07, 6.45) is 3.78. The molecule has 0 aliphatic carbocycles. The van der Waals surface area contributed by atoms with Crippen LogP contribution in [-0.4, -0.2) is 19.9 Å². The fraction of sp³-hybridized carbons (Fsp3) is 0.231. The molecule has 0 radical (unpaired) electrons. The van der Waals surface area contributed by atoms with Crippen molar-refractivity contribution >= 4 is 15.7 Å². The molecular formula is C13H17N3O2S. The maximum Gasteiger partial charge on any atom is 0.240 e. The molecule has 19 heavy (non-hydrogen) atoms. The highest BCUT2D eigenvalue weighted by Crippen LogP contribution is 2.14. The molecule has 1 heterocycles. The Labute approximate surface area is 113 Å². The molecule has 2 aromatic rings. The zero-order chi connectivity index (χ0) is 13.7. The molecule has 0 fully saturated rings. The van der Waals surface area contributed by atoms with Gasteiger partial charge in [0.25, 0.3) is 0 Å². The molecule has 0 spiro atoms. The van der Waals surface area contributed by atoms with Gasteiger partial charge in [-0.3, -0.25) is 0 Å². The summed E-state index contributed by atoms with van der Waals surface area (Å²) in [5, 5.41) is 3.22. The third-order valence-electron chi connectivity index (χ3n) is 2.66. The molecule has 0 aliphatic rings. The topological polar surface area (TPSA) is 74.0 Å². The standard InChI is InChI=1S/C13H17N3O2S/c1-2-16-19(17,18)13-5-3-12(4-6-13)15-10-11-7-8-14-9-11/h3-9,14-16H,2,10H2,1H3. The lowest BCUT2D eigenvalue weighted by Crippen LogP contribution is -2.23. The number of hydrogen-bond donors (Lipinski definition) is 3. The molecule has 0 saturated heterocycles. The van der Waals surface area contributed by atoms with Gasteiger partial charge in [0.2, 0.25) is 10.0 Å². The number of benzene rings is 1. The predicted molar refractivity (Wildman–Crippen MR) is 75.4 cm³/mol. The van der Waals surface area contributed by atoms with Crippen LogP contribution >= 0.6 is 0 Å². The van der Waals surface area contributed by atoms with Gasteiger partial charge in [-0.25, -0.2) is 13.1 Å². The lowest BCUT2D eigenvalue weighted by atomic mass is 10.3. The van der Waals surface area contributed by atoms with Crippen LogP contribution in [0.15, 0.2) is 47.6 Å². The summed E-state index contributed by atoms with van der Waals surface area (Å²) in [4.78, 5) is 3.26. The smallest absolute Gasteiger partial charge is 0.240 e. The molecule has 0 unspecified atom stereocenters. The van der Waals surface area contributed by atoms with Crippen LogP contribution in [0.2, 0.25) is 0 Å². The van der Waals surface area contributed by atoms with Crippen LogP contribution in [0.5, 0.6) is 0 Å². The van der Waals surface area contributed by atoms with Gasteiger partial charge in [0.15, 0.2) is 0 Å². The normalized spacial score (nSPS) is 11.4. The maximum atomic E-state index is 11.8. The highest BCUT2D eigenvalue weighted by molar-refractivity contribution is 7.89. The van der Waals surface area contributed by atoms with Crippen molar-refractivity contribution < 1.29 is 8.42 Å². The third kappa shape index (κ3) is 3.59. The molecular weight excluding hydrogens is 262 g/mol. The molecule has 0 aliphatic heterocycles. The fourth-order valence-corrected chi connectivity index (χ4v) is 2.74. The number of nitrogens with one attached hydrogen (secondary N) is 3. The van der Waals surface area contributed by atoms with Crippen LogP contribution in [0.1, 0.15) is 12.5 Å². The Kier molecular flexibility index (Phi) is 4.24. The zero-order valence-electron chi connectivity index (χ0n) is 10.7. The summed E-state index contributed by atoms with van der Waals surface area (Å²) in [6.45, 7) is 2.84. The zero-order valence-corrected chi connectivity index (χ0v) is 11.5. The summed E-state index contributed by atoms with van der Waals surface area (Å²) in [7, 11) is -3.37. The van der Waals surface area contributed by atoms with Crippen LogP contribution in [0.4, 0.5) is 5.69 Å². The molecule has 3 N–H and O–H groups in total. The van der Waals surface area contributed by atoms with Crippen LogP contribution in [-0.2, 0) is 16.6 Å². The molecule has 0 saturated carbocycles. The minimum Gasteiger partial charge on any atom is -0.381 e. The van der Waals surface area contributed by atoms with Crippen molar-refractivity contribution in [2.24, 2.45) is 0 Å². The van der Waals surface area contributed by atoms with E-state index in [9.17, 15) is 8.42 Å². The molecule has 2 rings (SSSR count). The first-order chi connectivity index (χ1) is 9.12. The van der Waals surface area contributed by atoms with Gasteiger partial charge in [-0.2, -0.15) is 0 Å². The molecule has 1 aromatic carbocycles. The van der Waals surface area contributed by atoms with Crippen molar-refractivity contribution in [3.63, 3.8) is 0 Å². The number of anilines is 1. The number of H-pyrrole nitrogens is 1. The van der Waals surface area contributed by atoms with Crippen molar-refractivity contribution in [3.05, 3.63) is 48.3 Å². The highest BCUT2D eigenvalue weighted by atomic mass is 32.2. The van der Waals surface area contributed by atoms with Crippen molar-refractivity contribution in [1.29, 1.82) is 0 Å². The Hall–Kier alpha value is -1.79. The lowest BCUT2D eigenvalue weighted by molar-refractivity contribution is 0.584. The van der Waals surface area contributed by atoms with Gasteiger partial charge in [-0.05, 0) is 35.9 Å². The van der Waals surface area contributed by atoms with E-state index in [2.05, 4.69) is 15.0 Å². The number of rotatable bonds is 6. The van der Waals surface area contributed by atoms with Gasteiger partial charge in [0, 0.05) is 31.2 Å². The Morgan fingerprint density at radius 1 is 1.16 bits per heavy atom. The first-order valence-corrected chi connectivity index (χ1v) is 7.55. The molecule has 0 amide bonds. The van der Waals surface area contributed by atoms with Gasteiger partial charge in [0.05, 0.1) is 4.90 Å². The fourth-order valence-electron chi connectivity index (χ4n) is 1.70. The van der Waals surface area contributed by atoms with Crippen LogP contribution in [0.25, 0.3) is 0 Å². The second-order valence-electron chi connectivity index (χ2n) is 4.10. The van der Waals surface area contributed by atoms with Crippen LogP contribution in [0, 0.1) is 0 Å². The van der Waals surface area contributed by atoms with E-state index in [4.69, 9.17) is 0 Å². The SMILES string of the molecule is CCNS(=O)(=O)c1ccc(NCc2cc[nH]c2)cc1. The second-order valence-corrected chi connectivity index (χ2v) is 5.87. The molecule has 102 valence electrons. The molecule has 1 aromatic heterocycles. The second kappa shape index (κ2) is 5.90. The van der Waals surface area contributed by atoms with Crippen molar-refractivity contribution in [1.82, 2.24) is 9.71 Å². The van der Waals surface area contributed by atoms with Gasteiger partial charge in [0.1, 0.15) is 0 Å². The van der Waals surface area contributed by atoms with E-state index in [0.717, 1.165) is 11.3 Å². The summed E-state index contributed by atoms with van der Waals surface area (Å²) in [5.74, 6) is 0. The van der Waals surface area contributed by atoms with Gasteiger partial charge < -0.3 is 10.3 Å². The monoisotopic (exact) mass is 279 g/mol. The molecule has 0 bridgehead atoms. The Balaban J connectivity index is 2.02. The van der Waals surface area contributed by atoms with E-state index in [1.54, 1.807) is 31.2 Å². The first-order valence-electron chi connectivity index (χ1n) is 6.07. The summed E-state index contributed by atoms with van der Waals surface area (Å²) in [6, 6.07) is 8.69. The van der Waals surface area contributed by atoms with Crippen molar-refractivity contribution in [3.8, 4) is 0 Å². The quantitative estimate of drug-likeness (QED) is 0.756. The maximum absolute atomic E-state index is 11.8. The van der Waals surface area contributed by atoms with E-state index in [1.165, 1.54) is 0 Å². The summed E-state index contributed by atoms with van der Waals surface area (Å²) >= 11 is 0. The number of aromatic amines is 1. The summed E-state index contributed by atoms with van der Waals surface area (Å²) < 4.78 is 26.0. The first kappa shape index (κ1) is 13.6. The minimum absolute atomic E-state index is 0.279. The van der Waals surface area contributed by atoms with Crippen molar-refractivity contribution in [2.45, 2.75) is 18.4 Å². The predicted octanol–water partition coefficient (Wildman–Crippen LogP) is 1.92. The van der Waals surface area contributed by atoms with Crippen LogP contribution in [0.3, 0.4) is 0 Å². The van der Waals surface area contributed by atoms with Gasteiger partial charge >= 0.3 is 0 Å². The van der Waals surface area contributed by atoms with E-state index in [-0.39, 0.29) is 4.90 Å². The Bertz CT molecular complexity index is 604. The molecule has 5 nitrogen and oxygen atoms in total. The van der Waals surface area contributed by atoms with E-state index in [1.807, 2.05) is 18.5 Å². The van der Waals surface area contributed by atoms with Crippen LogP contribution < -0.4 is 10.0 Å². The number of aromatic nitrogens is 1. The lowest BCUT2D eigenvalue weighted by Gasteiger charge is -2.07. The van der Waals surface area contributed by atoms with E-state index >= 15 is 0 Å². The van der Waals surface area contributed by atoms with Gasteiger partial charge in [-0.15, -0.1) is 0 Å². The largest absolute Gasteiger partial charge is 0.381 e. The summed E-state index contributed by atoms with van der Waals surface area (Å²) in [5.41, 5.74) is 2.03. The average molecular weight is 279 g/mol. The Morgan fingerprint density at radius 2 is 1.89 bits per heavy atom. The number of sulfonamides is 1. The average Bonchev–Trinajstić information content (AvgIpc) is 2.90. The van der Waals surface area contributed by atoms with E-state index < -0.39 is 10.0 Å². The molecule has 6 heteroatoms. The Morgan fingerprint density at radius 3 is 2.47 bits per heavy atom. The highest BCUT2D eigenvalue weighted by Gasteiger charge is 2.11.